The summed E-state index contributed by atoms with van der Waals surface area (Å²) in [5.41, 5.74) is 1.18. The third kappa shape index (κ3) is 4.73. The molecule has 2 aliphatic heterocycles. The van der Waals surface area contributed by atoms with E-state index >= 15 is 0 Å². The van der Waals surface area contributed by atoms with E-state index in [0.29, 0.717) is 17.9 Å². The number of nitrogens with zero attached hydrogens (tertiary/aromatic N) is 2. The molecule has 2 saturated heterocycles. The number of carbonyl (C=O) groups excluding carboxylic acids is 4. The minimum absolute atomic E-state index is 0.0447. The van der Waals surface area contributed by atoms with Crippen LogP contribution < -0.4 is 10.6 Å². The lowest BCUT2D eigenvalue weighted by molar-refractivity contribution is -0.130. The summed E-state index contributed by atoms with van der Waals surface area (Å²) in [5, 5.41) is 5.88. The largest absolute Gasteiger partial charge is 0.467 e. The van der Waals surface area contributed by atoms with E-state index in [1.54, 1.807) is 22.9 Å². The number of ether oxygens (including phenoxy) is 1. The number of barbiturate groups is 1. The molecule has 0 spiro atoms. The summed E-state index contributed by atoms with van der Waals surface area (Å²) in [6.07, 6.45) is 6.58. The molecule has 180 valence electrons. The van der Waals surface area contributed by atoms with Crippen molar-refractivity contribution in [1.82, 2.24) is 20.1 Å². The van der Waals surface area contributed by atoms with Crippen molar-refractivity contribution in [2.24, 2.45) is 0 Å². The van der Waals surface area contributed by atoms with E-state index in [2.05, 4.69) is 10.6 Å². The number of fused-ring (bicyclic) bond motifs is 1. The fourth-order valence-electron chi connectivity index (χ4n) is 4.32. The topological polar surface area (TPSA) is 123 Å². The molecule has 0 unspecified atom stereocenters. The summed E-state index contributed by atoms with van der Waals surface area (Å²) in [4.78, 5) is 51.4. The van der Waals surface area contributed by atoms with Crippen molar-refractivity contribution in [3.8, 4) is 0 Å². The minimum atomic E-state index is -0.807. The Hall–Kier alpha value is -4.18. The van der Waals surface area contributed by atoms with Gasteiger partial charge in [0.15, 0.2) is 0 Å². The van der Waals surface area contributed by atoms with Crippen molar-refractivity contribution >= 4 is 40.7 Å². The van der Waals surface area contributed by atoms with Crippen LogP contribution in [0.5, 0.6) is 0 Å². The molecule has 2 N–H and O–H groups in total. The van der Waals surface area contributed by atoms with Crippen molar-refractivity contribution in [2.75, 3.05) is 13.2 Å². The van der Waals surface area contributed by atoms with Crippen LogP contribution in [0.25, 0.3) is 17.0 Å². The molecule has 5 rings (SSSR count). The first-order chi connectivity index (χ1) is 17.0. The zero-order chi connectivity index (χ0) is 24.4. The minimum Gasteiger partial charge on any atom is -0.467 e. The van der Waals surface area contributed by atoms with Crippen LogP contribution in [0.1, 0.15) is 24.2 Å². The van der Waals surface area contributed by atoms with E-state index in [0.717, 1.165) is 35.3 Å². The fraction of sp³-hybridized carbons (Fsp3) is 0.280. The second-order valence-corrected chi connectivity index (χ2v) is 8.46. The molecule has 1 atom stereocenters. The van der Waals surface area contributed by atoms with Crippen molar-refractivity contribution in [1.29, 1.82) is 0 Å². The van der Waals surface area contributed by atoms with Crippen LogP contribution >= 0.6 is 0 Å². The van der Waals surface area contributed by atoms with E-state index < -0.39 is 17.8 Å². The Kier molecular flexibility index (Phi) is 6.19. The van der Waals surface area contributed by atoms with Gasteiger partial charge in [-0.15, -0.1) is 0 Å². The third-order valence-corrected chi connectivity index (χ3v) is 6.06. The first kappa shape index (κ1) is 22.6. The molecule has 2 aliphatic rings. The quantitative estimate of drug-likeness (QED) is 0.398. The molecule has 0 aliphatic carbocycles. The number of rotatable bonds is 7. The van der Waals surface area contributed by atoms with Crippen LogP contribution in [-0.2, 0) is 32.2 Å². The van der Waals surface area contributed by atoms with Gasteiger partial charge in [-0.3, -0.25) is 24.6 Å². The lowest BCUT2D eigenvalue weighted by Crippen LogP contribution is -2.53. The number of hydrogen-bond acceptors (Lipinski definition) is 6. The lowest BCUT2D eigenvalue weighted by Gasteiger charge is -2.25. The first-order valence-electron chi connectivity index (χ1n) is 11.4. The third-order valence-electron chi connectivity index (χ3n) is 6.06. The van der Waals surface area contributed by atoms with Gasteiger partial charge in [0.25, 0.3) is 11.8 Å². The van der Waals surface area contributed by atoms with Gasteiger partial charge < -0.3 is 19.0 Å². The molecule has 0 saturated carbocycles. The highest BCUT2D eigenvalue weighted by Crippen LogP contribution is 2.25. The van der Waals surface area contributed by atoms with E-state index in [1.165, 1.54) is 12.3 Å². The van der Waals surface area contributed by atoms with Crippen LogP contribution in [0.4, 0.5) is 4.79 Å². The standard InChI is InChI=1S/C25H24N4O6/c30-22(26-12-17-5-3-9-34-17)15-28-13-16(19-7-1-2-8-21(19)28)11-20-23(31)27-25(33)29(24(20)32)14-18-6-4-10-35-18/h1-2,4,6-8,10-11,13,17H,3,5,9,12,14-15H2,(H,26,30)(H,27,31,33)/b20-11+/t17-/m0/s1. The van der Waals surface area contributed by atoms with Gasteiger partial charge in [-0.2, -0.15) is 0 Å². The van der Waals surface area contributed by atoms with Gasteiger partial charge >= 0.3 is 6.03 Å². The Balaban J connectivity index is 1.40. The summed E-state index contributed by atoms with van der Waals surface area (Å²) in [7, 11) is 0. The molecule has 2 fully saturated rings. The van der Waals surface area contributed by atoms with Crippen LogP contribution in [0.15, 0.2) is 58.8 Å². The number of aromatic nitrogens is 1. The average Bonchev–Trinajstić information content (AvgIpc) is 3.61. The van der Waals surface area contributed by atoms with Gasteiger partial charge in [-0.05, 0) is 37.1 Å². The number of para-hydroxylation sites is 1. The zero-order valence-electron chi connectivity index (χ0n) is 18.9. The normalized spacial score (nSPS) is 19.5. The monoisotopic (exact) mass is 476 g/mol. The number of furan rings is 1. The van der Waals surface area contributed by atoms with Gasteiger partial charge in [0.1, 0.15) is 17.9 Å². The highest BCUT2D eigenvalue weighted by atomic mass is 16.5. The SMILES string of the molecule is O=C(Cn1cc(/C=C2\C(=O)NC(=O)N(Cc3ccco3)C2=O)c2ccccc21)NC[C@@H]1CCCO1. The Morgan fingerprint density at radius 2 is 2.03 bits per heavy atom. The highest BCUT2D eigenvalue weighted by Gasteiger charge is 2.36. The number of carbonyl (C=O) groups is 4. The fourth-order valence-corrected chi connectivity index (χ4v) is 4.32. The van der Waals surface area contributed by atoms with Crippen molar-refractivity contribution in [3.05, 3.63) is 65.8 Å². The van der Waals surface area contributed by atoms with Crippen LogP contribution in [0, 0.1) is 0 Å². The Bertz CT molecular complexity index is 1320. The maximum Gasteiger partial charge on any atom is 0.331 e. The van der Waals surface area contributed by atoms with E-state index in [4.69, 9.17) is 9.15 Å². The second kappa shape index (κ2) is 9.59. The van der Waals surface area contributed by atoms with Crippen molar-refractivity contribution in [2.45, 2.75) is 32.0 Å². The number of amides is 5. The van der Waals surface area contributed by atoms with Crippen LogP contribution in [0.2, 0.25) is 0 Å². The van der Waals surface area contributed by atoms with Gasteiger partial charge in [0.05, 0.1) is 18.9 Å². The Morgan fingerprint density at radius 1 is 1.17 bits per heavy atom. The maximum absolute atomic E-state index is 13.1. The highest BCUT2D eigenvalue weighted by molar-refractivity contribution is 6.31. The van der Waals surface area contributed by atoms with Gasteiger partial charge in [0.2, 0.25) is 5.91 Å². The first-order valence-corrected chi connectivity index (χ1v) is 11.4. The van der Waals surface area contributed by atoms with Gasteiger partial charge in [-0.25, -0.2) is 4.79 Å². The van der Waals surface area contributed by atoms with E-state index in [9.17, 15) is 19.2 Å². The number of urea groups is 1. The Morgan fingerprint density at radius 3 is 2.80 bits per heavy atom. The predicted octanol–water partition coefficient (Wildman–Crippen LogP) is 2.19. The Labute approximate surface area is 200 Å². The smallest absolute Gasteiger partial charge is 0.331 e. The molecule has 10 nitrogen and oxygen atoms in total. The number of imide groups is 2. The lowest BCUT2D eigenvalue weighted by atomic mass is 10.1. The molecule has 10 heteroatoms. The van der Waals surface area contributed by atoms with Gasteiger partial charge in [-0.1, -0.05) is 18.2 Å². The van der Waals surface area contributed by atoms with Crippen molar-refractivity contribution in [3.63, 3.8) is 0 Å². The number of benzene rings is 1. The van der Waals surface area contributed by atoms with E-state index in [1.807, 2.05) is 24.3 Å². The van der Waals surface area contributed by atoms with Crippen molar-refractivity contribution < 1.29 is 28.3 Å². The number of hydrogen-bond donors (Lipinski definition) is 2. The molecule has 0 bridgehead atoms. The average molecular weight is 476 g/mol. The molecule has 2 aromatic heterocycles. The van der Waals surface area contributed by atoms with Gasteiger partial charge in [0, 0.05) is 35.8 Å². The molecule has 1 aromatic carbocycles. The van der Waals surface area contributed by atoms with Crippen LogP contribution in [0.3, 0.4) is 0 Å². The number of nitrogens with one attached hydrogen (secondary N) is 2. The molecule has 0 radical (unpaired) electrons. The molecule has 4 heterocycles. The summed E-state index contributed by atoms with van der Waals surface area (Å²) in [5.74, 6) is -1.25. The second-order valence-electron chi connectivity index (χ2n) is 8.46. The summed E-state index contributed by atoms with van der Waals surface area (Å²) in [6.45, 7) is 1.15. The molecule has 35 heavy (non-hydrogen) atoms. The summed E-state index contributed by atoms with van der Waals surface area (Å²) >= 11 is 0. The zero-order valence-corrected chi connectivity index (χ0v) is 18.9. The van der Waals surface area contributed by atoms with E-state index in [-0.39, 0.29) is 30.7 Å². The molecule has 5 amide bonds. The summed E-state index contributed by atoms with van der Waals surface area (Å²) < 4.78 is 12.6. The molecule has 3 aromatic rings. The molecular formula is C25H24N4O6. The predicted molar refractivity (Wildman–Crippen MR) is 125 cm³/mol. The summed E-state index contributed by atoms with van der Waals surface area (Å²) in [6, 6.07) is 9.87. The molecular weight excluding hydrogens is 452 g/mol. The van der Waals surface area contributed by atoms with Crippen LogP contribution in [-0.4, -0.2) is 52.5 Å². The maximum atomic E-state index is 13.1.